The summed E-state index contributed by atoms with van der Waals surface area (Å²) in [6.45, 7) is 8.27. The average molecular weight is 730 g/mol. The molecular weight excluding hydrogens is 678 g/mol. The van der Waals surface area contributed by atoms with Crippen molar-refractivity contribution in [3.8, 4) is 11.1 Å². The van der Waals surface area contributed by atoms with Crippen LogP contribution in [0.25, 0.3) is 11.1 Å². The second-order valence-corrected chi connectivity index (χ2v) is 14.9. The molecular formula is C38H51N9O6. The van der Waals surface area contributed by atoms with Gasteiger partial charge in [0, 0.05) is 26.1 Å². The smallest absolute Gasteiger partial charge is 0.248 e. The monoisotopic (exact) mass is 729 g/mol. The van der Waals surface area contributed by atoms with Gasteiger partial charge in [-0.05, 0) is 41.5 Å². The van der Waals surface area contributed by atoms with Gasteiger partial charge in [-0.2, -0.15) is 0 Å². The van der Waals surface area contributed by atoms with E-state index < -0.39 is 59.8 Å². The lowest BCUT2D eigenvalue weighted by Crippen LogP contribution is -2.57. The highest BCUT2D eigenvalue weighted by molar-refractivity contribution is 5.95. The molecule has 1 fully saturated rings. The summed E-state index contributed by atoms with van der Waals surface area (Å²) >= 11 is 0. The predicted molar refractivity (Wildman–Crippen MR) is 197 cm³/mol. The van der Waals surface area contributed by atoms with Crippen LogP contribution in [0.1, 0.15) is 51.4 Å². The van der Waals surface area contributed by atoms with E-state index in [1.54, 1.807) is 18.1 Å². The number of hydrogen-bond donors (Lipinski definition) is 5. The summed E-state index contributed by atoms with van der Waals surface area (Å²) < 4.78 is 7.24. The minimum Gasteiger partial charge on any atom is -0.373 e. The van der Waals surface area contributed by atoms with Crippen LogP contribution in [-0.2, 0) is 41.7 Å². The first-order chi connectivity index (χ1) is 25.3. The van der Waals surface area contributed by atoms with Gasteiger partial charge in [-0.1, -0.05) is 87.5 Å². The van der Waals surface area contributed by atoms with Crippen molar-refractivity contribution in [1.29, 1.82) is 0 Å². The number of fused-ring (bicyclic) bond motifs is 3. The molecule has 1 saturated heterocycles. The van der Waals surface area contributed by atoms with Gasteiger partial charge < -0.3 is 36.2 Å². The van der Waals surface area contributed by atoms with Crippen molar-refractivity contribution >= 4 is 29.5 Å². The molecule has 15 heteroatoms. The van der Waals surface area contributed by atoms with E-state index in [4.69, 9.17) is 4.74 Å². The van der Waals surface area contributed by atoms with Crippen molar-refractivity contribution in [2.75, 3.05) is 39.8 Å². The summed E-state index contributed by atoms with van der Waals surface area (Å²) in [5.74, 6) is -2.33. The van der Waals surface area contributed by atoms with Gasteiger partial charge in [-0.15, -0.1) is 5.10 Å². The Balaban J connectivity index is 1.44. The number of nitrogens with zero attached hydrogens (tertiary/aromatic N) is 4. The first-order valence-corrected chi connectivity index (χ1v) is 18.1. The predicted octanol–water partition coefficient (Wildman–Crippen LogP) is 0.964. The van der Waals surface area contributed by atoms with E-state index >= 15 is 0 Å². The normalized spacial score (nSPS) is 24.2. The number of hydrogen-bond acceptors (Lipinski definition) is 9. The van der Waals surface area contributed by atoms with Crippen molar-refractivity contribution in [1.82, 2.24) is 46.5 Å². The van der Waals surface area contributed by atoms with Crippen molar-refractivity contribution in [2.45, 2.75) is 71.3 Å². The molecule has 284 valence electrons. The summed E-state index contributed by atoms with van der Waals surface area (Å²) in [6.07, 6.45) is 2.20. The van der Waals surface area contributed by atoms with Gasteiger partial charge in [-0.25, -0.2) is 4.68 Å². The second kappa shape index (κ2) is 17.6. The fourth-order valence-electron chi connectivity index (χ4n) is 6.75. The van der Waals surface area contributed by atoms with Crippen LogP contribution in [0.4, 0.5) is 0 Å². The van der Waals surface area contributed by atoms with Gasteiger partial charge in [0.15, 0.2) is 0 Å². The number of nitrogens with one attached hydrogen (secondary N) is 5. The first kappa shape index (κ1) is 39.1. The highest BCUT2D eigenvalue weighted by Gasteiger charge is 2.45. The van der Waals surface area contributed by atoms with E-state index in [1.165, 1.54) is 4.68 Å². The fourth-order valence-corrected chi connectivity index (χ4v) is 6.75. The standard InChI is InChI=1S/C38H51N9O6/c1-24-17-31-36(51)43-29(18-25-11-13-27(14-12-25)26-9-7-6-8-10-26)34(49)41-20-32(48)42-30(19-39-5)35(50)40-15-16-53-23-28-22-47(45-44-28)33(38(2,3)4)37(52)46(31)21-24/h6-14,22,24,29-31,33,39H,15-21,23H2,1-5H3,(H,40,50)(H,41,49)(H,42,48)(H,43,51)/t24-,29-,30-,31+,33-/m1/s1. The molecule has 5 rings (SSSR count). The van der Waals surface area contributed by atoms with E-state index in [0.29, 0.717) is 18.7 Å². The quantitative estimate of drug-likeness (QED) is 0.255. The Labute approximate surface area is 310 Å². The number of benzene rings is 2. The molecule has 2 aliphatic heterocycles. The number of ether oxygens (including phenoxy) is 1. The van der Waals surface area contributed by atoms with Crippen LogP contribution in [0.15, 0.2) is 60.8 Å². The molecule has 0 radical (unpaired) electrons. The van der Waals surface area contributed by atoms with Crippen LogP contribution in [0.2, 0.25) is 0 Å². The molecule has 5 atom stereocenters. The van der Waals surface area contributed by atoms with Gasteiger partial charge in [0.2, 0.25) is 29.5 Å². The summed E-state index contributed by atoms with van der Waals surface area (Å²) in [4.78, 5) is 69.8. The van der Waals surface area contributed by atoms with Crippen molar-refractivity contribution in [3.63, 3.8) is 0 Å². The third-order valence-corrected chi connectivity index (χ3v) is 9.39. The molecule has 1 aromatic heterocycles. The van der Waals surface area contributed by atoms with Gasteiger partial charge >= 0.3 is 0 Å². The summed E-state index contributed by atoms with van der Waals surface area (Å²) in [7, 11) is 1.66. The van der Waals surface area contributed by atoms with Crippen molar-refractivity contribution in [3.05, 3.63) is 72.1 Å². The lowest BCUT2D eigenvalue weighted by molar-refractivity contribution is -0.144. The van der Waals surface area contributed by atoms with E-state index in [0.717, 1.165) is 16.7 Å². The zero-order valence-electron chi connectivity index (χ0n) is 31.1. The Bertz CT molecular complexity index is 1740. The van der Waals surface area contributed by atoms with Gasteiger partial charge in [0.25, 0.3) is 0 Å². The lowest BCUT2D eigenvalue weighted by atomic mass is 9.85. The molecule has 0 aliphatic carbocycles. The number of rotatable bonds is 5. The maximum absolute atomic E-state index is 14.4. The van der Waals surface area contributed by atoms with Crippen LogP contribution in [-0.4, -0.2) is 107 Å². The van der Waals surface area contributed by atoms with Crippen LogP contribution in [0.5, 0.6) is 0 Å². The molecule has 3 aromatic rings. The van der Waals surface area contributed by atoms with E-state index in [2.05, 4.69) is 36.9 Å². The van der Waals surface area contributed by atoms with Crippen molar-refractivity contribution in [2.24, 2.45) is 11.3 Å². The Morgan fingerprint density at radius 2 is 1.58 bits per heavy atom. The lowest BCUT2D eigenvalue weighted by Gasteiger charge is -2.35. The minimum atomic E-state index is -1.07. The molecule has 2 aliphatic rings. The van der Waals surface area contributed by atoms with E-state index in [-0.39, 0.29) is 44.5 Å². The number of likely N-dealkylation sites (N-methyl/N-ethyl adjacent to an activating group) is 1. The molecule has 2 aromatic carbocycles. The minimum absolute atomic E-state index is 0.0212. The number of aromatic nitrogens is 3. The van der Waals surface area contributed by atoms with Crippen molar-refractivity contribution < 1.29 is 28.7 Å². The maximum Gasteiger partial charge on any atom is 0.248 e. The zero-order chi connectivity index (χ0) is 38.1. The molecule has 0 unspecified atom stereocenters. The zero-order valence-corrected chi connectivity index (χ0v) is 31.1. The van der Waals surface area contributed by atoms with E-state index in [9.17, 15) is 24.0 Å². The Kier molecular flexibility index (Phi) is 13.0. The van der Waals surface area contributed by atoms with Crippen LogP contribution in [0, 0.1) is 11.3 Å². The SMILES string of the molecule is CNC[C@H]1NC(=O)CNC(=O)[C@@H](Cc2ccc(-c3ccccc3)cc2)NC(=O)[C@@H]2C[C@@H](C)CN2C(=O)[C@H](C(C)(C)C)n2cc(nn2)COCCNC1=O. The third kappa shape index (κ3) is 10.3. The highest BCUT2D eigenvalue weighted by atomic mass is 16.5. The fraction of sp³-hybridized carbons (Fsp3) is 0.500. The van der Waals surface area contributed by atoms with Gasteiger partial charge in [0.05, 0.1) is 26.0 Å². The molecule has 0 saturated carbocycles. The Morgan fingerprint density at radius 3 is 2.28 bits per heavy atom. The number of carbonyl (C=O) groups is 5. The third-order valence-electron chi connectivity index (χ3n) is 9.39. The van der Waals surface area contributed by atoms with E-state index in [1.807, 2.05) is 82.3 Å². The Hall–Kier alpha value is -5.15. The maximum atomic E-state index is 14.4. The largest absolute Gasteiger partial charge is 0.373 e. The van der Waals surface area contributed by atoms with Crippen LogP contribution < -0.4 is 26.6 Å². The van der Waals surface area contributed by atoms with Crippen LogP contribution >= 0.6 is 0 Å². The molecule has 53 heavy (non-hydrogen) atoms. The summed E-state index contributed by atoms with van der Waals surface area (Å²) in [5, 5.41) is 22.4. The molecule has 15 nitrogen and oxygen atoms in total. The molecule has 3 heterocycles. The van der Waals surface area contributed by atoms with Crippen LogP contribution in [0.3, 0.4) is 0 Å². The summed E-state index contributed by atoms with van der Waals surface area (Å²) in [5.41, 5.74) is 2.71. The van der Waals surface area contributed by atoms with Gasteiger partial charge in [0.1, 0.15) is 29.9 Å². The number of amides is 5. The second-order valence-electron chi connectivity index (χ2n) is 14.9. The summed E-state index contributed by atoms with van der Waals surface area (Å²) in [6, 6.07) is 14.0. The number of carbonyl (C=O) groups excluding carboxylic acids is 5. The van der Waals surface area contributed by atoms with Gasteiger partial charge in [-0.3, -0.25) is 24.0 Å². The molecule has 5 N–H and O–H groups in total. The average Bonchev–Trinajstić information content (AvgIpc) is 3.76. The molecule has 5 amide bonds. The first-order valence-electron chi connectivity index (χ1n) is 18.1. The molecule has 2 bridgehead atoms. The molecule has 0 spiro atoms. The highest BCUT2D eigenvalue weighted by Crippen LogP contribution is 2.35. The Morgan fingerprint density at radius 1 is 0.887 bits per heavy atom. The topological polar surface area (TPSA) is 189 Å².